The molecule has 2 amide bonds. The Bertz CT molecular complexity index is 825. The number of ether oxygens (including phenoxy) is 2. The van der Waals surface area contributed by atoms with E-state index >= 15 is 0 Å². The van der Waals surface area contributed by atoms with E-state index in [1.807, 2.05) is 0 Å². The number of carbonyl (C=O) groups excluding carboxylic acids is 3. The molecule has 2 rings (SSSR count). The molecule has 0 saturated carbocycles. The molecule has 1 aromatic carbocycles. The van der Waals surface area contributed by atoms with E-state index in [1.54, 1.807) is 24.3 Å². The smallest absolute Gasteiger partial charge is 0.264 e. The number of para-hydroxylation sites is 2. The Balaban J connectivity index is 2.14. The molecule has 8 nitrogen and oxygen atoms in total. The Hall–Kier alpha value is -3.29. The summed E-state index contributed by atoms with van der Waals surface area (Å²) in [4.78, 5) is 35.3. The summed E-state index contributed by atoms with van der Waals surface area (Å²) in [7, 11) is 1.48. The quantitative estimate of drug-likeness (QED) is 0.739. The number of ketones is 1. The maximum absolute atomic E-state index is 12.1. The molecule has 0 atom stereocenters. The number of nitrogens with one attached hydrogen (secondary N) is 1. The minimum absolute atomic E-state index is 0.0495. The Morgan fingerprint density at radius 2 is 1.80 bits per heavy atom. The average molecular weight is 346 g/mol. The summed E-state index contributed by atoms with van der Waals surface area (Å²) in [6.45, 7) is 2.43. The largest absolute Gasteiger partial charge is 0.493 e. The van der Waals surface area contributed by atoms with Crippen molar-refractivity contribution >= 4 is 23.5 Å². The van der Waals surface area contributed by atoms with Crippen LogP contribution in [0.2, 0.25) is 0 Å². The van der Waals surface area contributed by atoms with Gasteiger partial charge < -0.3 is 19.6 Å². The zero-order valence-corrected chi connectivity index (χ0v) is 14.0. The number of amides is 2. The maximum atomic E-state index is 12.1. The summed E-state index contributed by atoms with van der Waals surface area (Å²) >= 11 is 0. The van der Waals surface area contributed by atoms with Crippen LogP contribution in [0.3, 0.4) is 0 Å². The van der Waals surface area contributed by atoms with Crippen LogP contribution in [0.4, 0.5) is 5.88 Å². The van der Waals surface area contributed by atoms with Crippen LogP contribution >= 0.6 is 0 Å². The zero-order valence-electron chi connectivity index (χ0n) is 14.0. The second-order valence-corrected chi connectivity index (χ2v) is 5.15. The summed E-state index contributed by atoms with van der Waals surface area (Å²) in [6, 6.07) is 6.83. The lowest BCUT2D eigenvalue weighted by Crippen LogP contribution is -2.23. The van der Waals surface area contributed by atoms with Crippen molar-refractivity contribution in [3.8, 4) is 11.5 Å². The van der Waals surface area contributed by atoms with E-state index in [-0.39, 0.29) is 35.2 Å². The second-order valence-electron chi connectivity index (χ2n) is 5.15. The van der Waals surface area contributed by atoms with E-state index in [4.69, 9.17) is 19.6 Å². The van der Waals surface area contributed by atoms with Crippen molar-refractivity contribution in [2.75, 3.05) is 19.0 Å². The molecular formula is C17H18N2O6. The fraction of sp³-hybridized carbons (Fsp3) is 0.235. The van der Waals surface area contributed by atoms with Gasteiger partial charge >= 0.3 is 0 Å². The topological polar surface area (TPSA) is 121 Å². The first-order chi connectivity index (χ1) is 11.8. The van der Waals surface area contributed by atoms with Crippen LogP contribution in [0.1, 0.15) is 33.4 Å². The molecule has 0 aliphatic carbocycles. The number of anilines is 1. The van der Waals surface area contributed by atoms with Crippen molar-refractivity contribution in [1.82, 2.24) is 0 Å². The first-order valence-electron chi connectivity index (χ1n) is 7.35. The number of aryl methyl sites for hydroxylation is 1. The molecule has 132 valence electrons. The Morgan fingerprint density at radius 3 is 2.36 bits per heavy atom. The number of benzene rings is 1. The van der Waals surface area contributed by atoms with Gasteiger partial charge in [-0.1, -0.05) is 12.1 Å². The number of furan rings is 1. The highest BCUT2D eigenvalue weighted by Crippen LogP contribution is 2.28. The van der Waals surface area contributed by atoms with E-state index in [1.165, 1.54) is 21.0 Å². The zero-order chi connectivity index (χ0) is 18.6. The van der Waals surface area contributed by atoms with Gasteiger partial charge in [0.05, 0.1) is 12.7 Å². The first kappa shape index (κ1) is 18.1. The number of methoxy groups -OCH3 is 1. The van der Waals surface area contributed by atoms with Crippen molar-refractivity contribution in [1.29, 1.82) is 0 Å². The molecule has 0 radical (unpaired) electrons. The summed E-state index contributed by atoms with van der Waals surface area (Å²) < 4.78 is 15.8. The van der Waals surface area contributed by atoms with Gasteiger partial charge in [-0.3, -0.25) is 19.7 Å². The Labute approximate surface area is 143 Å². The van der Waals surface area contributed by atoms with Crippen molar-refractivity contribution in [2.45, 2.75) is 13.8 Å². The lowest BCUT2D eigenvalue weighted by atomic mass is 10.1. The van der Waals surface area contributed by atoms with Crippen LogP contribution in [0, 0.1) is 6.92 Å². The molecule has 8 heteroatoms. The molecule has 0 aliphatic rings. The highest BCUT2D eigenvalue weighted by atomic mass is 16.5. The summed E-state index contributed by atoms with van der Waals surface area (Å²) in [5.74, 6) is -0.969. The van der Waals surface area contributed by atoms with E-state index in [9.17, 15) is 14.4 Å². The number of carbonyl (C=O) groups is 3. The van der Waals surface area contributed by atoms with Gasteiger partial charge in [0, 0.05) is 0 Å². The van der Waals surface area contributed by atoms with E-state index in [2.05, 4.69) is 5.32 Å². The molecule has 1 heterocycles. The molecule has 0 saturated heterocycles. The van der Waals surface area contributed by atoms with Crippen molar-refractivity contribution in [3.63, 3.8) is 0 Å². The number of hydrogen-bond acceptors (Lipinski definition) is 6. The molecule has 0 bridgehead atoms. The monoisotopic (exact) mass is 346 g/mol. The number of primary amides is 1. The number of rotatable bonds is 7. The van der Waals surface area contributed by atoms with Gasteiger partial charge in [-0.2, -0.15) is 0 Å². The van der Waals surface area contributed by atoms with Crippen LogP contribution in [0.15, 0.2) is 28.7 Å². The number of hydrogen-bond donors (Lipinski definition) is 2. The average Bonchev–Trinajstić information content (AvgIpc) is 2.89. The van der Waals surface area contributed by atoms with Crippen molar-refractivity contribution in [2.24, 2.45) is 5.73 Å². The summed E-state index contributed by atoms with van der Waals surface area (Å²) in [5, 5.41) is 2.39. The van der Waals surface area contributed by atoms with Gasteiger partial charge in [0.2, 0.25) is 5.88 Å². The summed E-state index contributed by atoms with van der Waals surface area (Å²) in [5.41, 5.74) is 5.19. The highest BCUT2D eigenvalue weighted by molar-refractivity contribution is 6.12. The molecule has 0 unspecified atom stereocenters. The van der Waals surface area contributed by atoms with Gasteiger partial charge in [-0.05, 0) is 26.0 Å². The van der Waals surface area contributed by atoms with Crippen molar-refractivity contribution in [3.05, 3.63) is 41.2 Å². The molecule has 0 aliphatic heterocycles. The fourth-order valence-electron chi connectivity index (χ4n) is 2.34. The van der Waals surface area contributed by atoms with Crippen LogP contribution in [0.25, 0.3) is 0 Å². The predicted molar refractivity (Wildman–Crippen MR) is 89.1 cm³/mol. The second kappa shape index (κ2) is 7.52. The summed E-state index contributed by atoms with van der Waals surface area (Å²) in [6.07, 6.45) is 0. The Morgan fingerprint density at radius 1 is 1.16 bits per heavy atom. The molecule has 0 spiro atoms. The van der Waals surface area contributed by atoms with Gasteiger partial charge in [0.25, 0.3) is 11.8 Å². The van der Waals surface area contributed by atoms with Crippen LogP contribution in [-0.2, 0) is 4.79 Å². The van der Waals surface area contributed by atoms with Gasteiger partial charge in [0.15, 0.2) is 23.9 Å². The standard InChI is InChI=1S/C17H18N2O6/c1-9(20)14-10(2)25-17(15(14)16(18)22)19-13(21)8-24-12-7-5-4-6-11(12)23-3/h4-7H,8H2,1-3H3,(H2,18,22)(H,19,21). The van der Waals surface area contributed by atoms with E-state index < -0.39 is 11.8 Å². The van der Waals surface area contributed by atoms with Gasteiger partial charge in [-0.15, -0.1) is 0 Å². The molecule has 25 heavy (non-hydrogen) atoms. The normalized spacial score (nSPS) is 10.2. The third-order valence-electron chi connectivity index (χ3n) is 3.36. The van der Waals surface area contributed by atoms with Crippen LogP contribution in [0.5, 0.6) is 11.5 Å². The minimum atomic E-state index is -0.872. The van der Waals surface area contributed by atoms with E-state index in [0.717, 1.165) is 0 Å². The van der Waals surface area contributed by atoms with Crippen LogP contribution < -0.4 is 20.5 Å². The molecule has 3 N–H and O–H groups in total. The van der Waals surface area contributed by atoms with Gasteiger partial charge in [-0.25, -0.2) is 0 Å². The van der Waals surface area contributed by atoms with Crippen LogP contribution in [-0.4, -0.2) is 31.3 Å². The maximum Gasteiger partial charge on any atom is 0.264 e. The fourth-order valence-corrected chi connectivity index (χ4v) is 2.34. The molecule has 1 aromatic heterocycles. The molecule has 2 aromatic rings. The Kier molecular flexibility index (Phi) is 5.43. The van der Waals surface area contributed by atoms with Gasteiger partial charge in [0.1, 0.15) is 11.3 Å². The number of Topliss-reactive ketones (excluding diaryl/α,β-unsaturated/α-hetero) is 1. The predicted octanol–water partition coefficient (Wildman–Crippen LogP) is 1.92. The molecule has 0 fully saturated rings. The SMILES string of the molecule is COc1ccccc1OCC(=O)Nc1oc(C)c(C(C)=O)c1C(N)=O. The third kappa shape index (κ3) is 3.97. The number of nitrogens with two attached hydrogens (primary N) is 1. The lowest BCUT2D eigenvalue weighted by molar-refractivity contribution is -0.118. The molecular weight excluding hydrogens is 328 g/mol. The minimum Gasteiger partial charge on any atom is -0.493 e. The third-order valence-corrected chi connectivity index (χ3v) is 3.36. The van der Waals surface area contributed by atoms with E-state index in [0.29, 0.717) is 11.5 Å². The van der Waals surface area contributed by atoms with Crippen molar-refractivity contribution < 1.29 is 28.3 Å². The lowest BCUT2D eigenvalue weighted by Gasteiger charge is -2.10. The first-order valence-corrected chi connectivity index (χ1v) is 7.35. The highest BCUT2D eigenvalue weighted by Gasteiger charge is 2.26.